The van der Waals surface area contributed by atoms with Crippen molar-refractivity contribution in [2.45, 2.75) is 36.5 Å². The van der Waals surface area contributed by atoms with Gasteiger partial charge in [0.1, 0.15) is 12.2 Å². The number of hydrogen-bond donors (Lipinski definition) is 0. The van der Waals surface area contributed by atoms with Gasteiger partial charge in [0.05, 0.1) is 30.0 Å². The van der Waals surface area contributed by atoms with E-state index < -0.39 is 0 Å². The van der Waals surface area contributed by atoms with E-state index in [1.165, 1.54) is 4.57 Å². The lowest BCUT2D eigenvalue weighted by Gasteiger charge is -2.48. The molecule has 0 N–H and O–H groups in total. The van der Waals surface area contributed by atoms with Crippen LogP contribution in [0.5, 0.6) is 0 Å². The van der Waals surface area contributed by atoms with Gasteiger partial charge in [-0.05, 0) is 35.8 Å². The SMILES string of the molecule is O=c1n(-c2ccccc2)c(=O)n2n1C1C3C4C3C3C15C1OC1C1OC1C35C42. The molecular formula is C20H15N3O4. The maximum Gasteiger partial charge on any atom is 0.352 e. The molecule has 2 saturated heterocycles. The second-order valence-electron chi connectivity index (χ2n) is 9.93. The minimum absolute atomic E-state index is 0.0726. The minimum Gasteiger partial charge on any atom is -0.366 e. The fourth-order valence-electron chi connectivity index (χ4n) is 9.63. The molecule has 7 nitrogen and oxygen atoms in total. The first-order chi connectivity index (χ1) is 13.3. The molecule has 2 spiro atoms. The smallest absolute Gasteiger partial charge is 0.352 e. The molecule has 4 aliphatic heterocycles. The van der Waals surface area contributed by atoms with Crippen LogP contribution >= 0.6 is 0 Å². The van der Waals surface area contributed by atoms with E-state index in [1.807, 2.05) is 39.7 Å². The summed E-state index contributed by atoms with van der Waals surface area (Å²) in [5, 5.41) is 0. The van der Waals surface area contributed by atoms with E-state index in [1.54, 1.807) is 0 Å². The molecule has 7 heteroatoms. The Labute approximate surface area is 152 Å². The van der Waals surface area contributed by atoms with Crippen molar-refractivity contribution >= 4 is 0 Å². The number of aromatic nitrogens is 3. The Morgan fingerprint density at radius 2 is 1.33 bits per heavy atom. The molecule has 0 radical (unpaired) electrons. The third-order valence-corrected chi connectivity index (χ3v) is 9.85. The molecular weight excluding hydrogens is 346 g/mol. The molecule has 11 rings (SSSR count). The van der Waals surface area contributed by atoms with Crippen LogP contribution in [0.15, 0.2) is 39.9 Å². The number of fused-ring (bicyclic) bond motifs is 3. The molecule has 10 atom stereocenters. The summed E-state index contributed by atoms with van der Waals surface area (Å²) in [6.45, 7) is 0. The van der Waals surface area contributed by atoms with E-state index in [-0.39, 0.29) is 58.7 Å². The predicted octanol–water partition coefficient (Wildman–Crippen LogP) is -0.0631. The summed E-state index contributed by atoms with van der Waals surface area (Å²) in [6.07, 6.45) is 0.998. The minimum atomic E-state index is -0.170. The quantitative estimate of drug-likeness (QED) is 0.667. The largest absolute Gasteiger partial charge is 0.366 e. The topological polar surface area (TPSA) is 74.0 Å². The second-order valence-corrected chi connectivity index (χ2v) is 9.93. The van der Waals surface area contributed by atoms with Gasteiger partial charge in [-0.1, -0.05) is 18.2 Å². The maximum atomic E-state index is 13.5. The van der Waals surface area contributed by atoms with Gasteiger partial charge >= 0.3 is 11.4 Å². The summed E-state index contributed by atoms with van der Waals surface area (Å²) in [4.78, 5) is 27.0. The molecule has 134 valence electrons. The van der Waals surface area contributed by atoms with Gasteiger partial charge in [0.15, 0.2) is 0 Å². The lowest BCUT2D eigenvalue weighted by atomic mass is 9.64. The number of ether oxygens (including phenoxy) is 2. The van der Waals surface area contributed by atoms with Crippen LogP contribution in [0.25, 0.3) is 5.69 Å². The van der Waals surface area contributed by atoms with E-state index in [0.717, 1.165) is 0 Å². The van der Waals surface area contributed by atoms with E-state index in [0.29, 0.717) is 29.4 Å². The molecule has 27 heavy (non-hydrogen) atoms. The zero-order valence-corrected chi connectivity index (χ0v) is 14.1. The Morgan fingerprint density at radius 1 is 0.778 bits per heavy atom. The zero-order valence-electron chi connectivity index (χ0n) is 14.1. The molecule has 7 fully saturated rings. The number of rotatable bonds is 1. The van der Waals surface area contributed by atoms with Crippen molar-refractivity contribution in [2.24, 2.45) is 34.5 Å². The van der Waals surface area contributed by atoms with Crippen molar-refractivity contribution in [2.75, 3.05) is 0 Å². The van der Waals surface area contributed by atoms with Crippen molar-refractivity contribution in [1.82, 2.24) is 13.9 Å². The van der Waals surface area contributed by atoms with E-state index in [9.17, 15) is 9.59 Å². The second kappa shape index (κ2) is 2.97. The van der Waals surface area contributed by atoms with Crippen LogP contribution in [-0.2, 0) is 9.47 Å². The molecule has 1 aromatic carbocycles. The highest BCUT2D eigenvalue weighted by atomic mass is 16.7. The van der Waals surface area contributed by atoms with E-state index in [4.69, 9.17) is 9.47 Å². The monoisotopic (exact) mass is 361 g/mol. The van der Waals surface area contributed by atoms with Crippen LogP contribution in [0.4, 0.5) is 0 Å². The van der Waals surface area contributed by atoms with Crippen LogP contribution < -0.4 is 11.4 Å². The highest BCUT2D eigenvalue weighted by molar-refractivity contribution is 5.56. The highest BCUT2D eigenvalue weighted by Gasteiger charge is 3.11. The Kier molecular flexibility index (Phi) is 1.36. The summed E-state index contributed by atoms with van der Waals surface area (Å²) < 4.78 is 17.4. The summed E-state index contributed by atoms with van der Waals surface area (Å²) >= 11 is 0. The van der Waals surface area contributed by atoms with Gasteiger partial charge in [0.25, 0.3) is 0 Å². The van der Waals surface area contributed by atoms with Crippen molar-refractivity contribution in [3.05, 3.63) is 51.3 Å². The summed E-state index contributed by atoms with van der Waals surface area (Å²) in [6, 6.07) is 9.60. The Bertz CT molecular complexity index is 1200. The molecule has 5 saturated carbocycles. The van der Waals surface area contributed by atoms with Gasteiger partial charge < -0.3 is 9.47 Å². The van der Waals surface area contributed by atoms with Gasteiger partial charge in [-0.2, -0.15) is 0 Å². The fraction of sp³-hybridized carbons (Fsp3) is 0.600. The van der Waals surface area contributed by atoms with Gasteiger partial charge in [-0.25, -0.2) is 23.5 Å². The van der Waals surface area contributed by atoms with E-state index in [2.05, 4.69) is 0 Å². The summed E-state index contributed by atoms with van der Waals surface area (Å²) in [7, 11) is 0. The molecule has 5 aliphatic carbocycles. The van der Waals surface area contributed by atoms with Gasteiger partial charge in [0.2, 0.25) is 0 Å². The summed E-state index contributed by atoms with van der Waals surface area (Å²) in [5.74, 6) is 2.44. The lowest BCUT2D eigenvalue weighted by molar-refractivity contribution is -0.0267. The average Bonchev–Trinajstić information content (AvgIpc) is 3.51. The van der Waals surface area contributed by atoms with Gasteiger partial charge in [0, 0.05) is 10.8 Å². The van der Waals surface area contributed by atoms with Crippen LogP contribution in [0.3, 0.4) is 0 Å². The summed E-state index contributed by atoms with van der Waals surface area (Å²) in [5.41, 5.74) is 0.468. The highest BCUT2D eigenvalue weighted by Crippen LogP contribution is 3.07. The van der Waals surface area contributed by atoms with Crippen molar-refractivity contribution in [1.29, 1.82) is 0 Å². The third kappa shape index (κ3) is 0.809. The normalized spacial score (nSPS) is 61.6. The van der Waals surface area contributed by atoms with Crippen molar-refractivity contribution in [3.63, 3.8) is 0 Å². The molecule has 0 amide bonds. The van der Waals surface area contributed by atoms with Crippen LogP contribution in [0, 0.1) is 34.5 Å². The number of para-hydroxylation sites is 1. The molecule has 2 aromatic rings. The number of epoxide rings is 2. The number of hydrogen-bond acceptors (Lipinski definition) is 4. The van der Waals surface area contributed by atoms with E-state index >= 15 is 0 Å². The number of nitrogens with zero attached hydrogens (tertiary/aromatic N) is 3. The zero-order chi connectivity index (χ0) is 17.2. The maximum absolute atomic E-state index is 13.5. The molecule has 1 aromatic heterocycles. The standard InChI is InChI=1S/C20H15N3O4/c24-17-21(6-4-2-1-3-5-6)18(25)23-14-9-7-8(9)13(22(17)23)19-12(7)20(14,19)16-11(27-16)10-15(19)26-10/h1-5,7-16H. The van der Waals surface area contributed by atoms with Crippen molar-refractivity contribution < 1.29 is 9.47 Å². The Hall–Kier alpha value is -2.12. The molecule has 10 unspecified atom stereocenters. The Balaban J connectivity index is 1.34. The Morgan fingerprint density at radius 3 is 1.89 bits per heavy atom. The van der Waals surface area contributed by atoms with Gasteiger partial charge in [-0.15, -0.1) is 0 Å². The van der Waals surface area contributed by atoms with Crippen molar-refractivity contribution in [3.8, 4) is 5.69 Å². The fourth-order valence-corrected chi connectivity index (χ4v) is 9.63. The first-order valence-corrected chi connectivity index (χ1v) is 10.1. The molecule has 2 bridgehead atoms. The van der Waals surface area contributed by atoms with Crippen LogP contribution in [-0.4, -0.2) is 38.3 Å². The predicted molar refractivity (Wildman–Crippen MR) is 88.5 cm³/mol. The first kappa shape index (κ1) is 12.4. The lowest BCUT2D eigenvalue weighted by Crippen LogP contribution is -2.57. The van der Waals surface area contributed by atoms with Crippen LogP contribution in [0.2, 0.25) is 0 Å². The third-order valence-electron chi connectivity index (χ3n) is 9.85. The molecule has 9 aliphatic rings. The van der Waals surface area contributed by atoms with Gasteiger partial charge in [-0.3, -0.25) is 0 Å². The van der Waals surface area contributed by atoms with Crippen LogP contribution in [0.1, 0.15) is 12.1 Å². The average molecular weight is 361 g/mol. The first-order valence-electron chi connectivity index (χ1n) is 10.1. The molecule has 5 heterocycles. The number of benzene rings is 1.